The van der Waals surface area contributed by atoms with E-state index < -0.39 is 0 Å². The maximum atomic E-state index is 11.9. The molecule has 0 aliphatic carbocycles. The Kier molecular flexibility index (Phi) is 4.68. The number of ether oxygens (including phenoxy) is 1. The van der Waals surface area contributed by atoms with E-state index in [1.54, 1.807) is 13.0 Å². The van der Waals surface area contributed by atoms with E-state index in [2.05, 4.69) is 0 Å². The third-order valence-electron chi connectivity index (χ3n) is 2.65. The molecule has 0 aliphatic heterocycles. The zero-order valence-corrected chi connectivity index (χ0v) is 11.5. The summed E-state index contributed by atoms with van der Waals surface area (Å²) >= 11 is 5.63. The lowest BCUT2D eigenvalue weighted by atomic mass is 10.2. The lowest BCUT2D eigenvalue weighted by Gasteiger charge is -2.11. The highest BCUT2D eigenvalue weighted by molar-refractivity contribution is 6.17. The van der Waals surface area contributed by atoms with Crippen LogP contribution in [0.5, 0.6) is 0 Å². The molecule has 102 valence electrons. The summed E-state index contributed by atoms with van der Waals surface area (Å²) in [4.78, 5) is 17.5. The Bertz CT molecular complexity index is 565. The van der Waals surface area contributed by atoms with Crippen LogP contribution in [0.4, 0.5) is 0 Å². The first kappa shape index (κ1) is 13.7. The second kappa shape index (κ2) is 6.48. The van der Waals surface area contributed by atoms with E-state index >= 15 is 0 Å². The number of carbonyl (C=O) groups is 1. The van der Waals surface area contributed by atoms with Crippen molar-refractivity contribution in [2.45, 2.75) is 13.3 Å². The second-order valence-corrected chi connectivity index (χ2v) is 4.36. The molecular formula is C14H16ClNO3. The van der Waals surface area contributed by atoms with Crippen molar-refractivity contribution in [2.24, 2.45) is 0 Å². The molecule has 4 nitrogen and oxygen atoms in total. The Balaban J connectivity index is 2.37. The largest absolute Gasteiger partial charge is 0.461 e. The predicted molar refractivity (Wildman–Crippen MR) is 74.7 cm³/mol. The minimum absolute atomic E-state index is 0.335. The van der Waals surface area contributed by atoms with Crippen LogP contribution in [0.2, 0.25) is 0 Å². The smallest absolute Gasteiger partial charge is 0.358 e. The SMILES string of the molecule is CCOC(=O)c1cc2ccccc2n1OCCCCl. The van der Waals surface area contributed by atoms with Crippen molar-refractivity contribution < 1.29 is 14.4 Å². The average Bonchev–Trinajstić information content (AvgIpc) is 2.79. The third-order valence-corrected chi connectivity index (χ3v) is 2.92. The first-order valence-electron chi connectivity index (χ1n) is 6.24. The fourth-order valence-electron chi connectivity index (χ4n) is 1.83. The van der Waals surface area contributed by atoms with Crippen LogP contribution in [-0.2, 0) is 4.74 Å². The number of fused-ring (bicyclic) bond motifs is 1. The van der Waals surface area contributed by atoms with Crippen LogP contribution in [0, 0.1) is 0 Å². The fraction of sp³-hybridized carbons (Fsp3) is 0.357. The quantitative estimate of drug-likeness (QED) is 0.464. The van der Waals surface area contributed by atoms with Crippen molar-refractivity contribution in [3.63, 3.8) is 0 Å². The first-order chi connectivity index (χ1) is 9.27. The molecule has 0 spiro atoms. The third kappa shape index (κ3) is 3.01. The minimum Gasteiger partial charge on any atom is -0.461 e. The number of hydrogen-bond acceptors (Lipinski definition) is 3. The van der Waals surface area contributed by atoms with Gasteiger partial charge in [-0.3, -0.25) is 0 Å². The summed E-state index contributed by atoms with van der Waals surface area (Å²) in [6.07, 6.45) is 0.719. The topological polar surface area (TPSA) is 40.5 Å². The fourth-order valence-corrected chi connectivity index (χ4v) is 1.94. The maximum absolute atomic E-state index is 11.9. The van der Waals surface area contributed by atoms with E-state index in [-0.39, 0.29) is 5.97 Å². The molecule has 2 rings (SSSR count). The van der Waals surface area contributed by atoms with Gasteiger partial charge in [0, 0.05) is 11.3 Å². The van der Waals surface area contributed by atoms with Gasteiger partial charge in [0.05, 0.1) is 12.1 Å². The van der Waals surface area contributed by atoms with E-state index in [1.807, 2.05) is 24.3 Å². The van der Waals surface area contributed by atoms with Crippen LogP contribution >= 0.6 is 11.6 Å². The van der Waals surface area contributed by atoms with E-state index in [0.29, 0.717) is 24.8 Å². The number of esters is 1. The van der Waals surface area contributed by atoms with Crippen molar-refractivity contribution >= 4 is 28.5 Å². The highest BCUT2D eigenvalue weighted by atomic mass is 35.5. The van der Waals surface area contributed by atoms with E-state index in [9.17, 15) is 4.79 Å². The van der Waals surface area contributed by atoms with Crippen LogP contribution in [0.3, 0.4) is 0 Å². The number of nitrogens with zero attached hydrogens (tertiary/aromatic N) is 1. The molecule has 0 bridgehead atoms. The summed E-state index contributed by atoms with van der Waals surface area (Å²) in [6.45, 7) is 2.57. The predicted octanol–water partition coefficient (Wildman–Crippen LogP) is 2.88. The molecule has 0 saturated carbocycles. The van der Waals surface area contributed by atoms with Gasteiger partial charge in [0.25, 0.3) is 0 Å². The van der Waals surface area contributed by atoms with Gasteiger partial charge in [-0.25, -0.2) is 4.79 Å². The zero-order chi connectivity index (χ0) is 13.7. The number of carbonyl (C=O) groups excluding carboxylic acids is 1. The number of halogens is 1. The van der Waals surface area contributed by atoms with Gasteiger partial charge in [0.15, 0.2) is 5.69 Å². The van der Waals surface area contributed by atoms with Crippen molar-refractivity contribution in [1.82, 2.24) is 4.73 Å². The molecule has 1 aromatic carbocycles. The van der Waals surface area contributed by atoms with Gasteiger partial charge >= 0.3 is 5.97 Å². The Morgan fingerprint density at radius 3 is 2.89 bits per heavy atom. The summed E-state index contributed by atoms with van der Waals surface area (Å²) in [5, 5.41) is 0.941. The van der Waals surface area contributed by atoms with Gasteiger partial charge < -0.3 is 9.57 Å². The monoisotopic (exact) mass is 281 g/mol. The van der Waals surface area contributed by atoms with Gasteiger partial charge in [-0.2, -0.15) is 4.73 Å². The molecule has 0 unspecified atom stereocenters. The average molecular weight is 282 g/mol. The number of benzene rings is 1. The summed E-state index contributed by atoms with van der Waals surface area (Å²) < 4.78 is 6.57. The summed E-state index contributed by atoms with van der Waals surface area (Å²) in [7, 11) is 0. The van der Waals surface area contributed by atoms with Gasteiger partial charge in [-0.05, 0) is 25.5 Å². The highest BCUT2D eigenvalue weighted by Gasteiger charge is 2.17. The molecule has 0 radical (unpaired) electrons. The molecule has 0 atom stereocenters. The standard InChI is InChI=1S/C14H16ClNO3/c1-2-18-14(17)13-10-11-6-3-4-7-12(11)16(13)19-9-5-8-15/h3-4,6-7,10H,2,5,8-9H2,1H3. The van der Waals surface area contributed by atoms with E-state index in [0.717, 1.165) is 17.3 Å². The van der Waals surface area contributed by atoms with Gasteiger partial charge in [0.1, 0.15) is 6.61 Å². The van der Waals surface area contributed by atoms with Crippen LogP contribution in [0.25, 0.3) is 10.9 Å². The number of aromatic nitrogens is 1. The minimum atomic E-state index is -0.385. The summed E-state index contributed by atoms with van der Waals surface area (Å²) in [5.74, 6) is 0.137. The Hall–Kier alpha value is -1.68. The Morgan fingerprint density at radius 2 is 2.16 bits per heavy atom. The molecule has 0 fully saturated rings. The molecule has 1 heterocycles. The molecule has 19 heavy (non-hydrogen) atoms. The molecule has 0 aliphatic rings. The maximum Gasteiger partial charge on any atom is 0.358 e. The lowest BCUT2D eigenvalue weighted by molar-refractivity contribution is 0.0451. The van der Waals surface area contributed by atoms with Crippen LogP contribution in [0.1, 0.15) is 23.8 Å². The molecule has 1 aromatic heterocycles. The molecule has 0 N–H and O–H groups in total. The van der Waals surface area contributed by atoms with Gasteiger partial charge in [-0.1, -0.05) is 18.2 Å². The van der Waals surface area contributed by atoms with E-state index in [1.165, 1.54) is 4.73 Å². The molecule has 5 heteroatoms. The molecule has 0 amide bonds. The molecule has 0 saturated heterocycles. The number of rotatable bonds is 6. The lowest BCUT2D eigenvalue weighted by Crippen LogP contribution is -2.19. The van der Waals surface area contributed by atoms with Crippen molar-refractivity contribution in [3.05, 3.63) is 36.0 Å². The van der Waals surface area contributed by atoms with Gasteiger partial charge in [-0.15, -0.1) is 11.6 Å². The second-order valence-electron chi connectivity index (χ2n) is 3.98. The van der Waals surface area contributed by atoms with Crippen molar-refractivity contribution in [1.29, 1.82) is 0 Å². The van der Waals surface area contributed by atoms with Crippen molar-refractivity contribution in [3.8, 4) is 0 Å². The van der Waals surface area contributed by atoms with Crippen LogP contribution in [0.15, 0.2) is 30.3 Å². The Labute approximate surface area is 116 Å². The normalized spacial score (nSPS) is 10.6. The first-order valence-corrected chi connectivity index (χ1v) is 6.78. The number of alkyl halides is 1. The van der Waals surface area contributed by atoms with Crippen LogP contribution < -0.4 is 4.84 Å². The Morgan fingerprint density at radius 1 is 1.37 bits per heavy atom. The van der Waals surface area contributed by atoms with Gasteiger partial charge in [0.2, 0.25) is 0 Å². The van der Waals surface area contributed by atoms with Crippen LogP contribution in [-0.4, -0.2) is 29.8 Å². The molecular weight excluding hydrogens is 266 g/mol. The highest BCUT2D eigenvalue weighted by Crippen LogP contribution is 2.19. The summed E-state index contributed by atoms with van der Waals surface area (Å²) in [5.41, 5.74) is 1.25. The molecule has 2 aromatic rings. The van der Waals surface area contributed by atoms with Crippen molar-refractivity contribution in [2.75, 3.05) is 19.1 Å². The van der Waals surface area contributed by atoms with E-state index in [4.69, 9.17) is 21.2 Å². The number of hydrogen-bond donors (Lipinski definition) is 0. The summed E-state index contributed by atoms with van der Waals surface area (Å²) in [6, 6.07) is 9.42. The zero-order valence-electron chi connectivity index (χ0n) is 10.8. The number of para-hydroxylation sites is 1.